The fraction of sp³-hybridized carbons (Fsp3) is 0.500. The number of sulfonamides is 1. The van der Waals surface area contributed by atoms with Crippen molar-refractivity contribution in [3.05, 3.63) is 36.1 Å². The lowest BCUT2D eigenvalue weighted by Gasteiger charge is -2.31. The van der Waals surface area contributed by atoms with E-state index in [9.17, 15) is 21.6 Å². The molecule has 2 heterocycles. The maximum atomic E-state index is 12.6. The minimum atomic E-state index is -5.25. The number of halogens is 3. The predicted molar refractivity (Wildman–Crippen MR) is 104 cm³/mol. The van der Waals surface area contributed by atoms with Crippen LogP contribution in [0.3, 0.4) is 0 Å². The number of hydrogen-bond donors (Lipinski definition) is 2. The second-order valence-electron chi connectivity index (χ2n) is 6.85. The van der Waals surface area contributed by atoms with Gasteiger partial charge in [-0.15, -0.1) is 0 Å². The number of nitrogens with zero attached hydrogens (tertiary/aromatic N) is 2. The van der Waals surface area contributed by atoms with Gasteiger partial charge in [0.15, 0.2) is 5.96 Å². The third kappa shape index (κ3) is 5.02. The highest BCUT2D eigenvalue weighted by Gasteiger charge is 2.50. The van der Waals surface area contributed by atoms with E-state index in [-0.39, 0.29) is 19.0 Å². The lowest BCUT2D eigenvalue weighted by molar-refractivity contribution is -0.0496. The van der Waals surface area contributed by atoms with Crippen molar-refractivity contribution in [3.8, 4) is 0 Å². The molecule has 1 aromatic heterocycles. The van der Waals surface area contributed by atoms with Crippen LogP contribution in [0.25, 0.3) is 11.0 Å². The minimum absolute atomic E-state index is 0.0550. The van der Waals surface area contributed by atoms with Gasteiger partial charge in [-0.25, -0.2) is 8.42 Å². The molecule has 1 aliphatic heterocycles. The Morgan fingerprint density at radius 1 is 1.24 bits per heavy atom. The van der Waals surface area contributed by atoms with Gasteiger partial charge in [0.1, 0.15) is 11.3 Å². The average Bonchev–Trinajstić information content (AvgIpc) is 3.10. The number of fused-ring (bicyclic) bond motifs is 1. The zero-order valence-electron chi connectivity index (χ0n) is 15.9. The average molecular weight is 432 g/mol. The zero-order valence-corrected chi connectivity index (χ0v) is 16.7. The van der Waals surface area contributed by atoms with Crippen molar-refractivity contribution >= 4 is 27.0 Å². The Labute approximate surface area is 167 Å². The van der Waals surface area contributed by atoms with E-state index in [1.807, 2.05) is 30.3 Å². The largest absolute Gasteiger partial charge is 0.511 e. The Hall–Kier alpha value is -2.27. The molecule has 1 aromatic carbocycles. The molecule has 0 atom stereocenters. The van der Waals surface area contributed by atoms with E-state index in [1.54, 1.807) is 7.05 Å². The first-order chi connectivity index (χ1) is 13.7. The smallest absolute Gasteiger partial charge is 0.459 e. The van der Waals surface area contributed by atoms with E-state index >= 15 is 0 Å². The summed E-state index contributed by atoms with van der Waals surface area (Å²) in [5, 5.41) is 7.27. The summed E-state index contributed by atoms with van der Waals surface area (Å²) in [4.78, 5) is 4.13. The van der Waals surface area contributed by atoms with E-state index in [0.717, 1.165) is 16.7 Å². The van der Waals surface area contributed by atoms with Crippen molar-refractivity contribution in [2.75, 3.05) is 26.7 Å². The summed E-state index contributed by atoms with van der Waals surface area (Å²) in [6, 6.07) is 9.61. The first-order valence-electron chi connectivity index (χ1n) is 9.19. The van der Waals surface area contributed by atoms with Crippen LogP contribution in [-0.4, -0.2) is 50.9 Å². The maximum absolute atomic E-state index is 12.6. The van der Waals surface area contributed by atoms with E-state index in [0.29, 0.717) is 36.2 Å². The standard InChI is InChI=1S/C18H23F3N4O3S/c1-22-17(24-12-15-10-14-4-2-3-5-16(14)28-15)23-11-13-6-8-25(9-7-13)29(26,27)18(19,20)21/h2-5,10,13H,6-9,11-12H2,1H3,(H2,22,23,24). The quantitative estimate of drug-likeness (QED) is 0.560. The monoisotopic (exact) mass is 432 g/mol. The van der Waals surface area contributed by atoms with Gasteiger partial charge in [-0.05, 0) is 30.9 Å². The highest BCUT2D eigenvalue weighted by Crippen LogP contribution is 2.30. The predicted octanol–water partition coefficient (Wildman–Crippen LogP) is 2.66. The van der Waals surface area contributed by atoms with Crippen molar-refractivity contribution in [1.82, 2.24) is 14.9 Å². The Morgan fingerprint density at radius 2 is 1.93 bits per heavy atom. The van der Waals surface area contributed by atoms with Gasteiger partial charge >= 0.3 is 15.5 Å². The highest BCUT2D eigenvalue weighted by atomic mass is 32.2. The number of hydrogen-bond acceptors (Lipinski definition) is 4. The molecule has 0 amide bonds. The maximum Gasteiger partial charge on any atom is 0.511 e. The number of guanidine groups is 1. The molecule has 0 bridgehead atoms. The molecule has 29 heavy (non-hydrogen) atoms. The molecule has 2 N–H and O–H groups in total. The van der Waals surface area contributed by atoms with Gasteiger partial charge < -0.3 is 15.1 Å². The molecule has 160 valence electrons. The van der Waals surface area contributed by atoms with Gasteiger partial charge in [0, 0.05) is 32.1 Å². The van der Waals surface area contributed by atoms with Gasteiger partial charge in [-0.2, -0.15) is 17.5 Å². The molecule has 0 radical (unpaired) electrons. The van der Waals surface area contributed by atoms with Gasteiger partial charge in [-0.3, -0.25) is 4.99 Å². The van der Waals surface area contributed by atoms with E-state index in [2.05, 4.69) is 15.6 Å². The van der Waals surface area contributed by atoms with E-state index < -0.39 is 15.5 Å². The second kappa shape index (κ2) is 8.62. The zero-order chi connectivity index (χ0) is 21.1. The van der Waals surface area contributed by atoms with E-state index in [1.165, 1.54) is 0 Å². The van der Waals surface area contributed by atoms with Gasteiger partial charge in [0.25, 0.3) is 0 Å². The number of nitrogens with one attached hydrogen (secondary N) is 2. The second-order valence-corrected chi connectivity index (χ2v) is 8.78. The number of furan rings is 1. The Balaban J connectivity index is 1.45. The molecular formula is C18H23F3N4O3S. The summed E-state index contributed by atoms with van der Waals surface area (Å²) in [6.07, 6.45) is 0.700. The van der Waals surface area contributed by atoms with Crippen LogP contribution in [0.4, 0.5) is 13.2 Å². The summed E-state index contributed by atoms with van der Waals surface area (Å²) in [5.41, 5.74) is -4.45. The normalized spacial score (nSPS) is 17.6. The molecule has 3 rings (SSSR count). The number of benzene rings is 1. The van der Waals surface area contributed by atoms with Crippen molar-refractivity contribution in [2.24, 2.45) is 10.9 Å². The summed E-state index contributed by atoms with van der Waals surface area (Å²) >= 11 is 0. The van der Waals surface area contributed by atoms with Crippen LogP contribution in [0.15, 0.2) is 39.7 Å². The van der Waals surface area contributed by atoms with Crippen LogP contribution < -0.4 is 10.6 Å². The number of alkyl halides is 3. The number of aliphatic imine (C=N–C) groups is 1. The molecule has 0 spiro atoms. The first kappa shape index (κ1) is 21.4. The molecule has 11 heteroatoms. The fourth-order valence-electron chi connectivity index (χ4n) is 3.26. The fourth-order valence-corrected chi connectivity index (χ4v) is 4.24. The third-order valence-corrected chi connectivity index (χ3v) is 6.52. The lowest BCUT2D eigenvalue weighted by Crippen LogP contribution is -2.47. The SMILES string of the molecule is CN=C(NCc1cc2ccccc2o1)NCC1CCN(S(=O)(=O)C(F)(F)F)CC1. The summed E-state index contributed by atoms with van der Waals surface area (Å²) in [6.45, 7) is 0.634. The molecule has 0 unspecified atom stereocenters. The molecule has 1 saturated heterocycles. The molecule has 1 fully saturated rings. The summed E-state index contributed by atoms with van der Waals surface area (Å²) in [7, 11) is -3.63. The highest BCUT2D eigenvalue weighted by molar-refractivity contribution is 7.90. The van der Waals surface area contributed by atoms with Crippen molar-refractivity contribution in [3.63, 3.8) is 0 Å². The van der Waals surface area contributed by atoms with Crippen LogP contribution in [-0.2, 0) is 16.6 Å². The lowest BCUT2D eigenvalue weighted by atomic mass is 9.98. The van der Waals surface area contributed by atoms with Crippen molar-refractivity contribution in [1.29, 1.82) is 0 Å². The molecule has 7 nitrogen and oxygen atoms in total. The molecule has 0 saturated carbocycles. The van der Waals surface area contributed by atoms with Crippen LogP contribution in [0, 0.1) is 5.92 Å². The van der Waals surface area contributed by atoms with Crippen LogP contribution in [0.1, 0.15) is 18.6 Å². The van der Waals surface area contributed by atoms with Crippen molar-refractivity contribution < 1.29 is 26.0 Å². The topological polar surface area (TPSA) is 86.9 Å². The minimum Gasteiger partial charge on any atom is -0.459 e. The number of rotatable bonds is 5. The molecule has 1 aliphatic rings. The van der Waals surface area contributed by atoms with Crippen molar-refractivity contribution in [2.45, 2.75) is 24.9 Å². The Bertz CT molecular complexity index is 931. The van der Waals surface area contributed by atoms with E-state index in [4.69, 9.17) is 4.42 Å². The molecular weight excluding hydrogens is 409 g/mol. The van der Waals surface area contributed by atoms with Gasteiger partial charge in [-0.1, -0.05) is 18.2 Å². The van der Waals surface area contributed by atoms with Crippen LogP contribution in [0.5, 0.6) is 0 Å². The van der Waals surface area contributed by atoms with Gasteiger partial charge in [0.05, 0.1) is 6.54 Å². The Kier molecular flexibility index (Phi) is 6.37. The molecule has 0 aliphatic carbocycles. The third-order valence-electron chi connectivity index (χ3n) is 4.89. The number of piperidine rings is 1. The first-order valence-corrected chi connectivity index (χ1v) is 10.6. The molecule has 2 aromatic rings. The summed E-state index contributed by atoms with van der Waals surface area (Å²) < 4.78 is 67.1. The number of para-hydroxylation sites is 1. The van der Waals surface area contributed by atoms with Crippen LogP contribution in [0.2, 0.25) is 0 Å². The Morgan fingerprint density at radius 3 is 2.55 bits per heavy atom. The van der Waals surface area contributed by atoms with Gasteiger partial charge in [0.2, 0.25) is 0 Å². The van der Waals surface area contributed by atoms with Crippen LogP contribution >= 0.6 is 0 Å². The summed E-state index contributed by atoms with van der Waals surface area (Å²) in [5.74, 6) is 1.34.